The van der Waals surface area contributed by atoms with Gasteiger partial charge in [0.25, 0.3) is 0 Å². The Morgan fingerprint density at radius 3 is 2.40 bits per heavy atom. The van der Waals surface area contributed by atoms with Gasteiger partial charge in [-0.1, -0.05) is 12.1 Å². The topological polar surface area (TPSA) is 41.5 Å². The van der Waals surface area contributed by atoms with Crippen LogP contribution in [0.25, 0.3) is 0 Å². The summed E-state index contributed by atoms with van der Waals surface area (Å²) in [5.41, 5.74) is 2.08. The molecule has 3 nitrogen and oxygen atoms in total. The summed E-state index contributed by atoms with van der Waals surface area (Å²) in [6, 6.07) is 11.1. The Morgan fingerprint density at radius 1 is 1.10 bits per heavy atom. The average molecular weight is 401 g/mol. The molecule has 0 saturated carbocycles. The van der Waals surface area contributed by atoms with Crippen molar-refractivity contribution in [2.45, 2.75) is 13.2 Å². The minimum Gasteiger partial charge on any atom is -0.508 e. The number of hydrogen-bond donors (Lipinski definition) is 2. The fourth-order valence-electron chi connectivity index (χ4n) is 1.86. The van der Waals surface area contributed by atoms with E-state index in [-0.39, 0.29) is 5.75 Å². The van der Waals surface area contributed by atoms with Crippen molar-refractivity contribution in [2.24, 2.45) is 0 Å². The third-order valence-corrected chi connectivity index (χ3v) is 3.91. The summed E-state index contributed by atoms with van der Waals surface area (Å²) in [7, 11) is 1.91. The molecule has 2 aromatic rings. The highest BCUT2D eigenvalue weighted by Gasteiger charge is 2.09. The van der Waals surface area contributed by atoms with E-state index in [1.165, 1.54) is 0 Å². The molecule has 2 aromatic carbocycles. The lowest BCUT2D eigenvalue weighted by Crippen LogP contribution is -2.05. The number of aromatic hydroxyl groups is 1. The van der Waals surface area contributed by atoms with E-state index in [1.807, 2.05) is 25.2 Å². The lowest BCUT2D eigenvalue weighted by Gasteiger charge is -2.12. The van der Waals surface area contributed by atoms with Crippen LogP contribution in [-0.4, -0.2) is 12.2 Å². The molecule has 0 radical (unpaired) electrons. The van der Waals surface area contributed by atoms with Gasteiger partial charge in [-0.05, 0) is 74.3 Å². The largest absolute Gasteiger partial charge is 0.508 e. The van der Waals surface area contributed by atoms with Gasteiger partial charge < -0.3 is 15.2 Å². The highest BCUT2D eigenvalue weighted by molar-refractivity contribution is 9.11. The van der Waals surface area contributed by atoms with E-state index >= 15 is 0 Å². The van der Waals surface area contributed by atoms with Crippen LogP contribution in [0.2, 0.25) is 0 Å². The van der Waals surface area contributed by atoms with Gasteiger partial charge in [0, 0.05) is 6.54 Å². The van der Waals surface area contributed by atoms with Crippen LogP contribution in [0, 0.1) is 0 Å². The zero-order valence-corrected chi connectivity index (χ0v) is 14.2. The molecule has 0 aliphatic heterocycles. The zero-order valence-electron chi connectivity index (χ0n) is 11.0. The summed E-state index contributed by atoms with van der Waals surface area (Å²) in [6.45, 7) is 1.20. The van der Waals surface area contributed by atoms with Crippen molar-refractivity contribution in [1.29, 1.82) is 0 Å². The van der Waals surface area contributed by atoms with Crippen molar-refractivity contribution in [3.63, 3.8) is 0 Å². The van der Waals surface area contributed by atoms with Gasteiger partial charge in [0.05, 0.1) is 8.95 Å². The van der Waals surface area contributed by atoms with Crippen molar-refractivity contribution in [3.8, 4) is 11.5 Å². The third kappa shape index (κ3) is 3.98. The molecule has 0 atom stereocenters. The molecule has 0 spiro atoms. The first-order chi connectivity index (χ1) is 9.60. The number of rotatable bonds is 5. The monoisotopic (exact) mass is 399 g/mol. The van der Waals surface area contributed by atoms with E-state index in [0.29, 0.717) is 6.61 Å². The molecule has 0 bridgehead atoms. The number of phenols is 1. The molecule has 2 N–H and O–H groups in total. The van der Waals surface area contributed by atoms with Gasteiger partial charge in [-0.15, -0.1) is 0 Å². The number of halogens is 2. The minimum atomic E-state index is 0.244. The van der Waals surface area contributed by atoms with Crippen LogP contribution in [0.3, 0.4) is 0 Å². The Hall–Kier alpha value is -1.04. The van der Waals surface area contributed by atoms with E-state index in [9.17, 15) is 5.11 Å². The molecule has 0 aromatic heterocycles. The highest BCUT2D eigenvalue weighted by Crippen LogP contribution is 2.35. The maximum Gasteiger partial charge on any atom is 0.148 e. The molecule has 106 valence electrons. The van der Waals surface area contributed by atoms with E-state index in [1.54, 1.807) is 18.2 Å². The predicted octanol–water partition coefficient (Wildman–Crippen LogP) is 4.22. The minimum absolute atomic E-state index is 0.244. The molecule has 0 aliphatic carbocycles. The van der Waals surface area contributed by atoms with Gasteiger partial charge in [-0.3, -0.25) is 0 Å². The second kappa shape index (κ2) is 7.11. The zero-order chi connectivity index (χ0) is 14.5. The lowest BCUT2D eigenvalue weighted by atomic mass is 10.2. The lowest BCUT2D eigenvalue weighted by molar-refractivity contribution is 0.301. The number of hydrogen-bond acceptors (Lipinski definition) is 3. The van der Waals surface area contributed by atoms with Gasteiger partial charge in [-0.2, -0.15) is 0 Å². The molecule has 0 unspecified atom stereocenters. The van der Waals surface area contributed by atoms with E-state index < -0.39 is 0 Å². The van der Waals surface area contributed by atoms with E-state index in [0.717, 1.165) is 32.4 Å². The van der Waals surface area contributed by atoms with Crippen molar-refractivity contribution >= 4 is 31.9 Å². The van der Waals surface area contributed by atoms with Crippen LogP contribution < -0.4 is 10.1 Å². The van der Waals surface area contributed by atoms with Crippen molar-refractivity contribution < 1.29 is 9.84 Å². The Morgan fingerprint density at radius 2 is 1.80 bits per heavy atom. The van der Waals surface area contributed by atoms with Crippen LogP contribution >= 0.6 is 31.9 Å². The quantitative estimate of drug-likeness (QED) is 0.789. The molecule has 0 heterocycles. The number of ether oxygens (including phenoxy) is 1. The summed E-state index contributed by atoms with van der Waals surface area (Å²) in [4.78, 5) is 0. The first-order valence-corrected chi connectivity index (χ1v) is 7.72. The Labute approximate surface area is 135 Å². The van der Waals surface area contributed by atoms with Gasteiger partial charge in [0.1, 0.15) is 18.1 Å². The summed E-state index contributed by atoms with van der Waals surface area (Å²) < 4.78 is 7.62. The van der Waals surface area contributed by atoms with Crippen LogP contribution in [0.5, 0.6) is 11.5 Å². The predicted molar refractivity (Wildman–Crippen MR) is 87.0 cm³/mol. The molecule has 0 saturated heterocycles. The Bertz CT molecular complexity index is 579. The second-order valence-electron chi connectivity index (χ2n) is 4.38. The van der Waals surface area contributed by atoms with Crippen LogP contribution in [-0.2, 0) is 13.2 Å². The smallest absolute Gasteiger partial charge is 0.148 e. The fraction of sp³-hybridized carbons (Fsp3) is 0.200. The molecular weight excluding hydrogens is 386 g/mol. The van der Waals surface area contributed by atoms with Gasteiger partial charge in [0.15, 0.2) is 0 Å². The van der Waals surface area contributed by atoms with Crippen LogP contribution in [0.15, 0.2) is 45.3 Å². The highest BCUT2D eigenvalue weighted by atomic mass is 79.9. The van der Waals surface area contributed by atoms with Crippen molar-refractivity contribution in [2.75, 3.05) is 7.05 Å². The molecular formula is C15H15Br2NO2. The van der Waals surface area contributed by atoms with Gasteiger partial charge in [-0.25, -0.2) is 0 Å². The number of phenolic OH excluding ortho intramolecular Hbond substituents is 1. The Balaban J connectivity index is 2.13. The number of nitrogens with one attached hydrogen (secondary N) is 1. The average Bonchev–Trinajstić information content (AvgIpc) is 2.38. The standard InChI is InChI=1S/C15H15Br2NO2/c1-18-8-11-6-13(16)15(14(17)7-11)20-9-10-3-2-4-12(19)5-10/h2-7,18-19H,8-9H2,1H3. The van der Waals surface area contributed by atoms with E-state index in [2.05, 4.69) is 37.2 Å². The molecule has 0 amide bonds. The van der Waals surface area contributed by atoms with Crippen molar-refractivity contribution in [3.05, 3.63) is 56.5 Å². The second-order valence-corrected chi connectivity index (χ2v) is 6.09. The molecule has 0 fully saturated rings. The summed E-state index contributed by atoms with van der Waals surface area (Å²) in [5.74, 6) is 1.00. The summed E-state index contributed by atoms with van der Waals surface area (Å²) in [5, 5.41) is 12.5. The maximum atomic E-state index is 9.43. The SMILES string of the molecule is CNCc1cc(Br)c(OCc2cccc(O)c2)c(Br)c1. The van der Waals surface area contributed by atoms with Crippen LogP contribution in [0.1, 0.15) is 11.1 Å². The molecule has 0 aliphatic rings. The van der Waals surface area contributed by atoms with Gasteiger partial charge >= 0.3 is 0 Å². The van der Waals surface area contributed by atoms with Crippen LogP contribution in [0.4, 0.5) is 0 Å². The van der Waals surface area contributed by atoms with Gasteiger partial charge in [0.2, 0.25) is 0 Å². The summed E-state index contributed by atoms with van der Waals surface area (Å²) >= 11 is 7.05. The molecule has 2 rings (SSSR count). The Kier molecular flexibility index (Phi) is 5.46. The summed E-state index contributed by atoms with van der Waals surface area (Å²) in [6.07, 6.45) is 0. The first kappa shape index (κ1) is 15.4. The van der Waals surface area contributed by atoms with Crippen molar-refractivity contribution in [1.82, 2.24) is 5.32 Å². The maximum absolute atomic E-state index is 9.43. The normalized spacial score (nSPS) is 10.6. The third-order valence-electron chi connectivity index (χ3n) is 2.73. The van der Waals surface area contributed by atoms with E-state index in [4.69, 9.17) is 4.74 Å². The fourth-order valence-corrected chi connectivity index (χ4v) is 3.37. The molecule has 20 heavy (non-hydrogen) atoms. The molecule has 5 heteroatoms. The first-order valence-electron chi connectivity index (χ1n) is 6.13. The number of benzene rings is 2.